The zero-order chi connectivity index (χ0) is 20.7. The molecule has 0 aliphatic carbocycles. The topological polar surface area (TPSA) is 52.1 Å². The number of piperidine rings is 1. The van der Waals surface area contributed by atoms with Gasteiger partial charge >= 0.3 is 0 Å². The Morgan fingerprint density at radius 2 is 1.77 bits per heavy atom. The molecule has 0 aromatic heterocycles. The van der Waals surface area contributed by atoms with Crippen LogP contribution in [0.2, 0.25) is 0 Å². The summed E-state index contributed by atoms with van der Waals surface area (Å²) in [5.74, 6) is 0.987. The summed E-state index contributed by atoms with van der Waals surface area (Å²) in [5.41, 5.74) is 1.52. The molecule has 3 fully saturated rings. The Balaban J connectivity index is 1.35. The number of nitrogens with zero attached hydrogens (tertiary/aromatic N) is 3. The highest BCUT2D eigenvalue weighted by molar-refractivity contribution is 5.80. The molecule has 0 amide bonds. The van der Waals surface area contributed by atoms with Crippen molar-refractivity contribution in [2.45, 2.75) is 57.0 Å². The van der Waals surface area contributed by atoms with Crippen molar-refractivity contribution in [1.29, 1.82) is 0 Å². The van der Waals surface area contributed by atoms with Crippen LogP contribution in [0.1, 0.15) is 45.4 Å². The van der Waals surface area contributed by atoms with E-state index in [1.807, 2.05) is 0 Å². The average Bonchev–Trinajstić information content (AvgIpc) is 3.35. The van der Waals surface area contributed by atoms with Crippen molar-refractivity contribution in [2.24, 2.45) is 4.99 Å². The lowest BCUT2D eigenvalue weighted by Gasteiger charge is -2.43. The van der Waals surface area contributed by atoms with E-state index in [1.165, 1.54) is 31.6 Å². The highest BCUT2D eigenvalue weighted by Gasteiger charge is 2.39. The second-order valence-corrected chi connectivity index (χ2v) is 8.97. The van der Waals surface area contributed by atoms with Crippen LogP contribution in [0.5, 0.6) is 0 Å². The van der Waals surface area contributed by atoms with Gasteiger partial charge in [-0.15, -0.1) is 0 Å². The van der Waals surface area contributed by atoms with Gasteiger partial charge in [-0.3, -0.25) is 9.89 Å². The average molecular weight is 414 g/mol. The van der Waals surface area contributed by atoms with E-state index in [4.69, 9.17) is 9.73 Å². The van der Waals surface area contributed by atoms with Gasteiger partial charge < -0.3 is 20.3 Å². The van der Waals surface area contributed by atoms with Crippen LogP contribution >= 0.6 is 0 Å². The van der Waals surface area contributed by atoms with Crippen LogP contribution in [-0.4, -0.2) is 74.9 Å². The Morgan fingerprint density at radius 1 is 1.07 bits per heavy atom. The van der Waals surface area contributed by atoms with Gasteiger partial charge in [-0.25, -0.2) is 0 Å². The molecule has 6 nitrogen and oxygen atoms in total. The van der Waals surface area contributed by atoms with Gasteiger partial charge in [0.15, 0.2) is 5.96 Å². The smallest absolute Gasteiger partial charge is 0.191 e. The number of guanidine groups is 1. The number of para-hydroxylation sites is 1. The highest BCUT2D eigenvalue weighted by Crippen LogP contribution is 2.31. The van der Waals surface area contributed by atoms with Gasteiger partial charge in [0, 0.05) is 50.1 Å². The molecule has 0 atom stereocenters. The molecular weight excluding hydrogens is 374 g/mol. The van der Waals surface area contributed by atoms with Crippen molar-refractivity contribution in [3.63, 3.8) is 0 Å². The van der Waals surface area contributed by atoms with E-state index in [-0.39, 0.29) is 5.54 Å². The summed E-state index contributed by atoms with van der Waals surface area (Å²) in [6, 6.07) is 11.3. The van der Waals surface area contributed by atoms with Crippen molar-refractivity contribution in [2.75, 3.05) is 57.4 Å². The molecule has 2 N–H and O–H groups in total. The van der Waals surface area contributed by atoms with E-state index in [0.717, 1.165) is 71.0 Å². The molecule has 3 saturated heterocycles. The lowest BCUT2D eigenvalue weighted by atomic mass is 9.88. The van der Waals surface area contributed by atoms with Crippen molar-refractivity contribution >= 4 is 11.6 Å². The lowest BCUT2D eigenvalue weighted by molar-refractivity contribution is -0.0139. The number of anilines is 1. The number of aliphatic imine (C=N–C) groups is 1. The molecule has 3 aliphatic rings. The minimum absolute atomic E-state index is 0.188. The van der Waals surface area contributed by atoms with E-state index >= 15 is 0 Å². The fourth-order valence-electron chi connectivity index (χ4n) is 5.18. The Labute approximate surface area is 182 Å². The van der Waals surface area contributed by atoms with Crippen LogP contribution in [0.25, 0.3) is 0 Å². The number of ether oxygens (including phenoxy) is 1. The quantitative estimate of drug-likeness (QED) is 0.555. The first kappa shape index (κ1) is 21.4. The first-order valence-corrected chi connectivity index (χ1v) is 12.0. The maximum atomic E-state index is 5.70. The molecule has 0 unspecified atom stereocenters. The largest absolute Gasteiger partial charge is 0.381 e. The lowest BCUT2D eigenvalue weighted by Crippen LogP contribution is -2.54. The summed E-state index contributed by atoms with van der Waals surface area (Å²) in [6.45, 7) is 10.3. The van der Waals surface area contributed by atoms with Crippen molar-refractivity contribution in [1.82, 2.24) is 15.5 Å². The summed E-state index contributed by atoms with van der Waals surface area (Å²) in [7, 11) is 0. The number of hydrogen-bond acceptors (Lipinski definition) is 4. The van der Waals surface area contributed by atoms with Crippen LogP contribution in [0, 0.1) is 0 Å². The Morgan fingerprint density at radius 3 is 2.43 bits per heavy atom. The van der Waals surface area contributed by atoms with Gasteiger partial charge in [0.25, 0.3) is 0 Å². The first-order valence-electron chi connectivity index (χ1n) is 12.0. The van der Waals surface area contributed by atoms with E-state index in [9.17, 15) is 0 Å². The van der Waals surface area contributed by atoms with Crippen LogP contribution < -0.4 is 15.5 Å². The maximum absolute atomic E-state index is 5.70. The monoisotopic (exact) mass is 413 g/mol. The standard InChI is InChI=1S/C24H39N5O/c1-2-25-23(26-20-24(12-18-30-19-13-24)29-14-6-7-15-29)27-21-10-16-28(17-11-21)22-8-4-3-5-9-22/h3-5,8-9,21H,2,6-7,10-20H2,1H3,(H2,25,26,27). The Hall–Kier alpha value is -1.79. The number of rotatable bonds is 6. The fourth-order valence-corrected chi connectivity index (χ4v) is 5.18. The SMILES string of the molecule is CCNC(=NCC1(N2CCCC2)CCOCC1)NC1CCN(c2ccccc2)CC1. The predicted octanol–water partition coefficient (Wildman–Crippen LogP) is 2.86. The molecule has 0 bridgehead atoms. The van der Waals surface area contributed by atoms with E-state index in [2.05, 4.69) is 57.7 Å². The molecule has 0 spiro atoms. The molecule has 1 aromatic carbocycles. The third-order valence-electron chi connectivity index (χ3n) is 7.03. The van der Waals surface area contributed by atoms with Gasteiger partial charge in [0.2, 0.25) is 0 Å². The van der Waals surface area contributed by atoms with Crippen LogP contribution in [0.3, 0.4) is 0 Å². The molecule has 3 heterocycles. The van der Waals surface area contributed by atoms with Crippen molar-refractivity contribution in [3.05, 3.63) is 30.3 Å². The van der Waals surface area contributed by atoms with Crippen LogP contribution in [0.4, 0.5) is 5.69 Å². The number of benzene rings is 1. The minimum atomic E-state index is 0.188. The van der Waals surface area contributed by atoms with E-state index in [1.54, 1.807) is 0 Å². The normalized spacial score (nSPS) is 23.5. The van der Waals surface area contributed by atoms with Crippen LogP contribution in [-0.2, 0) is 4.74 Å². The number of likely N-dealkylation sites (tertiary alicyclic amines) is 1. The summed E-state index contributed by atoms with van der Waals surface area (Å²) < 4.78 is 5.70. The molecule has 6 heteroatoms. The van der Waals surface area contributed by atoms with Gasteiger partial charge in [-0.05, 0) is 70.7 Å². The van der Waals surface area contributed by atoms with Gasteiger partial charge in [-0.2, -0.15) is 0 Å². The third-order valence-corrected chi connectivity index (χ3v) is 7.03. The molecule has 0 radical (unpaired) electrons. The van der Waals surface area contributed by atoms with E-state index in [0.29, 0.717) is 6.04 Å². The van der Waals surface area contributed by atoms with Gasteiger partial charge in [0.05, 0.1) is 6.54 Å². The summed E-state index contributed by atoms with van der Waals surface area (Å²) >= 11 is 0. The molecular formula is C24H39N5O. The zero-order valence-electron chi connectivity index (χ0n) is 18.6. The third kappa shape index (κ3) is 5.27. The highest BCUT2D eigenvalue weighted by atomic mass is 16.5. The van der Waals surface area contributed by atoms with Gasteiger partial charge in [0.1, 0.15) is 0 Å². The molecule has 0 saturated carbocycles. The Bertz CT molecular complexity index is 659. The molecule has 4 rings (SSSR count). The molecule has 166 valence electrons. The summed E-state index contributed by atoms with van der Waals surface area (Å²) in [5, 5.41) is 7.23. The predicted molar refractivity (Wildman–Crippen MR) is 124 cm³/mol. The minimum Gasteiger partial charge on any atom is -0.381 e. The molecule has 30 heavy (non-hydrogen) atoms. The Kier molecular flexibility index (Phi) is 7.50. The zero-order valence-corrected chi connectivity index (χ0v) is 18.6. The van der Waals surface area contributed by atoms with E-state index < -0.39 is 0 Å². The number of hydrogen-bond donors (Lipinski definition) is 2. The first-order chi connectivity index (χ1) is 14.8. The summed E-state index contributed by atoms with van der Waals surface area (Å²) in [6.07, 6.45) is 7.14. The second kappa shape index (κ2) is 10.5. The number of nitrogens with one attached hydrogen (secondary N) is 2. The van der Waals surface area contributed by atoms with Crippen molar-refractivity contribution < 1.29 is 4.74 Å². The fraction of sp³-hybridized carbons (Fsp3) is 0.708. The van der Waals surface area contributed by atoms with Gasteiger partial charge in [-0.1, -0.05) is 18.2 Å². The maximum Gasteiger partial charge on any atom is 0.191 e. The molecule has 1 aromatic rings. The second-order valence-electron chi connectivity index (χ2n) is 8.97. The van der Waals surface area contributed by atoms with Crippen molar-refractivity contribution in [3.8, 4) is 0 Å². The molecule has 3 aliphatic heterocycles. The summed E-state index contributed by atoms with van der Waals surface area (Å²) in [4.78, 5) is 10.3. The van der Waals surface area contributed by atoms with Crippen LogP contribution in [0.15, 0.2) is 35.3 Å².